The number of carbonyl (C=O) groups is 1. The number of aliphatic hydroxyl groups is 1. The highest BCUT2D eigenvalue weighted by atomic mass is 35.5. The Labute approximate surface area is 118 Å². The summed E-state index contributed by atoms with van der Waals surface area (Å²) in [5, 5.41) is 16.5. The molecule has 7 heteroatoms. The lowest BCUT2D eigenvalue weighted by molar-refractivity contribution is -0.126. The standard InChI is InChI=1S/C12H20N4O2.ClH/c13-10-8-9(2-3-11(10)17)12(18)14-5-7-16-6-1-4-15-16;/h1,4,6,9-11,17H,2-3,5,7-8,13H2,(H,14,18);1H/t9-,10+,11+;/m0./s1. The highest BCUT2D eigenvalue weighted by Gasteiger charge is 2.30. The molecular weight excluding hydrogens is 268 g/mol. The van der Waals surface area contributed by atoms with E-state index in [4.69, 9.17) is 5.73 Å². The van der Waals surface area contributed by atoms with Crippen LogP contribution < -0.4 is 11.1 Å². The highest BCUT2D eigenvalue weighted by Crippen LogP contribution is 2.23. The number of nitrogens with one attached hydrogen (secondary N) is 1. The second kappa shape index (κ2) is 7.47. The molecule has 108 valence electrons. The average Bonchev–Trinajstić information content (AvgIpc) is 2.85. The van der Waals surface area contributed by atoms with E-state index in [0.717, 1.165) is 0 Å². The first-order valence-electron chi connectivity index (χ1n) is 6.35. The third-order valence-corrected chi connectivity index (χ3v) is 3.43. The lowest BCUT2D eigenvalue weighted by atomic mass is 9.84. The van der Waals surface area contributed by atoms with Crippen molar-refractivity contribution >= 4 is 18.3 Å². The molecule has 3 atom stereocenters. The summed E-state index contributed by atoms with van der Waals surface area (Å²) in [5.74, 6) is -0.0365. The van der Waals surface area contributed by atoms with Gasteiger partial charge in [0.25, 0.3) is 0 Å². The fourth-order valence-electron chi connectivity index (χ4n) is 2.30. The number of nitrogens with zero attached hydrogens (tertiary/aromatic N) is 2. The minimum absolute atomic E-state index is 0. The Morgan fingerprint density at radius 3 is 2.95 bits per heavy atom. The molecule has 1 fully saturated rings. The lowest BCUT2D eigenvalue weighted by Gasteiger charge is -2.29. The average molecular weight is 289 g/mol. The van der Waals surface area contributed by atoms with Gasteiger partial charge in [-0.1, -0.05) is 0 Å². The molecule has 1 aromatic heterocycles. The van der Waals surface area contributed by atoms with E-state index >= 15 is 0 Å². The summed E-state index contributed by atoms with van der Waals surface area (Å²) in [6.45, 7) is 1.23. The summed E-state index contributed by atoms with van der Waals surface area (Å²) in [6.07, 6.45) is 5.00. The van der Waals surface area contributed by atoms with E-state index in [1.807, 2.05) is 12.3 Å². The summed E-state index contributed by atoms with van der Waals surface area (Å²) in [6, 6.07) is 1.57. The third kappa shape index (κ3) is 4.49. The number of hydrogen-bond donors (Lipinski definition) is 3. The van der Waals surface area contributed by atoms with Gasteiger partial charge in [0.1, 0.15) is 0 Å². The number of halogens is 1. The first kappa shape index (κ1) is 15.9. The van der Waals surface area contributed by atoms with E-state index < -0.39 is 6.10 Å². The SMILES string of the molecule is Cl.N[C@@H]1C[C@@H](C(=O)NCCn2cccn2)CC[C@H]1O. The van der Waals surface area contributed by atoms with E-state index in [1.165, 1.54) is 0 Å². The number of nitrogens with two attached hydrogens (primary N) is 1. The Balaban J connectivity index is 0.00000180. The van der Waals surface area contributed by atoms with Gasteiger partial charge in [-0.3, -0.25) is 9.48 Å². The maximum atomic E-state index is 11.9. The van der Waals surface area contributed by atoms with Crippen LogP contribution in [0.2, 0.25) is 0 Å². The molecule has 0 unspecified atom stereocenters. The third-order valence-electron chi connectivity index (χ3n) is 3.43. The van der Waals surface area contributed by atoms with Gasteiger partial charge in [0.15, 0.2) is 0 Å². The molecule has 1 heterocycles. The molecule has 4 N–H and O–H groups in total. The Bertz CT molecular complexity index is 385. The molecule has 2 rings (SSSR count). The van der Waals surface area contributed by atoms with Gasteiger partial charge in [0, 0.05) is 30.9 Å². The van der Waals surface area contributed by atoms with E-state index in [9.17, 15) is 9.90 Å². The van der Waals surface area contributed by atoms with Gasteiger partial charge in [-0.25, -0.2) is 0 Å². The van der Waals surface area contributed by atoms with E-state index in [1.54, 1.807) is 10.9 Å². The zero-order valence-electron chi connectivity index (χ0n) is 10.7. The number of carbonyl (C=O) groups excluding carboxylic acids is 1. The predicted octanol–water partition coefficient (Wildman–Crippen LogP) is -0.0906. The first-order valence-corrected chi connectivity index (χ1v) is 6.35. The van der Waals surface area contributed by atoms with Crippen molar-refractivity contribution in [2.75, 3.05) is 6.54 Å². The smallest absolute Gasteiger partial charge is 0.223 e. The second-order valence-corrected chi connectivity index (χ2v) is 4.80. The van der Waals surface area contributed by atoms with Gasteiger partial charge < -0.3 is 16.2 Å². The number of hydrogen-bond acceptors (Lipinski definition) is 4. The second-order valence-electron chi connectivity index (χ2n) is 4.80. The predicted molar refractivity (Wildman–Crippen MR) is 73.8 cm³/mol. The van der Waals surface area contributed by atoms with Crippen molar-refractivity contribution in [3.8, 4) is 0 Å². The summed E-state index contributed by atoms with van der Waals surface area (Å²) in [5.41, 5.74) is 5.77. The Morgan fingerprint density at radius 2 is 2.32 bits per heavy atom. The van der Waals surface area contributed by atoms with Crippen LogP contribution in [-0.4, -0.2) is 39.5 Å². The summed E-state index contributed by atoms with van der Waals surface area (Å²) < 4.78 is 1.77. The molecule has 0 saturated heterocycles. The van der Waals surface area contributed by atoms with E-state index in [0.29, 0.717) is 32.4 Å². The Morgan fingerprint density at radius 1 is 1.53 bits per heavy atom. The monoisotopic (exact) mass is 288 g/mol. The van der Waals surface area contributed by atoms with Crippen LogP contribution in [0.15, 0.2) is 18.5 Å². The molecule has 19 heavy (non-hydrogen) atoms. The van der Waals surface area contributed by atoms with Gasteiger partial charge >= 0.3 is 0 Å². The van der Waals surface area contributed by atoms with Gasteiger partial charge in [0.05, 0.1) is 12.6 Å². The quantitative estimate of drug-likeness (QED) is 0.722. The molecule has 0 aliphatic heterocycles. The fourth-order valence-corrected chi connectivity index (χ4v) is 2.30. The molecule has 6 nitrogen and oxygen atoms in total. The van der Waals surface area contributed by atoms with Crippen LogP contribution in [0.1, 0.15) is 19.3 Å². The van der Waals surface area contributed by atoms with Crippen LogP contribution >= 0.6 is 12.4 Å². The zero-order chi connectivity index (χ0) is 13.0. The summed E-state index contributed by atoms with van der Waals surface area (Å²) in [7, 11) is 0. The zero-order valence-corrected chi connectivity index (χ0v) is 11.6. The number of amides is 1. The van der Waals surface area contributed by atoms with Crippen LogP contribution in [0.5, 0.6) is 0 Å². The van der Waals surface area contributed by atoms with Crippen LogP contribution in [0.3, 0.4) is 0 Å². The summed E-state index contributed by atoms with van der Waals surface area (Å²) in [4.78, 5) is 11.9. The topological polar surface area (TPSA) is 93.2 Å². The molecule has 0 bridgehead atoms. The summed E-state index contributed by atoms with van der Waals surface area (Å²) >= 11 is 0. The van der Waals surface area contributed by atoms with Crippen LogP contribution in [0.4, 0.5) is 0 Å². The first-order chi connectivity index (χ1) is 8.66. The molecule has 1 aromatic rings. The van der Waals surface area contributed by atoms with Crippen molar-refractivity contribution in [2.24, 2.45) is 11.7 Å². The lowest BCUT2D eigenvalue weighted by Crippen LogP contribution is -2.45. The van der Waals surface area contributed by atoms with E-state index in [-0.39, 0.29) is 30.3 Å². The van der Waals surface area contributed by atoms with Gasteiger partial charge in [-0.2, -0.15) is 5.10 Å². The molecule has 1 aliphatic carbocycles. The Hall–Kier alpha value is -1.11. The van der Waals surface area contributed by atoms with Crippen molar-refractivity contribution in [1.82, 2.24) is 15.1 Å². The molecule has 1 amide bonds. The number of aliphatic hydroxyl groups excluding tert-OH is 1. The van der Waals surface area contributed by atoms with Crippen molar-refractivity contribution in [3.05, 3.63) is 18.5 Å². The van der Waals surface area contributed by atoms with Gasteiger partial charge in [-0.05, 0) is 25.3 Å². The molecule has 1 saturated carbocycles. The molecular formula is C12H21ClN4O2. The van der Waals surface area contributed by atoms with E-state index in [2.05, 4.69) is 10.4 Å². The minimum atomic E-state index is -0.460. The van der Waals surface area contributed by atoms with Gasteiger partial charge in [0.2, 0.25) is 5.91 Å². The van der Waals surface area contributed by atoms with Crippen LogP contribution in [0, 0.1) is 5.92 Å². The molecule has 0 radical (unpaired) electrons. The largest absolute Gasteiger partial charge is 0.392 e. The molecule has 0 aromatic carbocycles. The van der Waals surface area contributed by atoms with Crippen LogP contribution in [-0.2, 0) is 11.3 Å². The minimum Gasteiger partial charge on any atom is -0.392 e. The maximum absolute atomic E-state index is 11.9. The van der Waals surface area contributed by atoms with Crippen molar-refractivity contribution in [2.45, 2.75) is 38.0 Å². The van der Waals surface area contributed by atoms with Gasteiger partial charge in [-0.15, -0.1) is 12.4 Å². The molecule has 1 aliphatic rings. The fraction of sp³-hybridized carbons (Fsp3) is 0.667. The normalized spacial score (nSPS) is 26.5. The highest BCUT2D eigenvalue weighted by molar-refractivity contribution is 5.85. The van der Waals surface area contributed by atoms with Crippen LogP contribution in [0.25, 0.3) is 0 Å². The maximum Gasteiger partial charge on any atom is 0.223 e. The number of rotatable bonds is 4. The number of aromatic nitrogens is 2. The van der Waals surface area contributed by atoms with Crippen molar-refractivity contribution in [3.63, 3.8) is 0 Å². The molecule has 0 spiro atoms. The Kier molecular flexibility index (Phi) is 6.27. The van der Waals surface area contributed by atoms with Crippen molar-refractivity contribution < 1.29 is 9.90 Å². The van der Waals surface area contributed by atoms with Crippen molar-refractivity contribution in [1.29, 1.82) is 0 Å².